The molecule has 0 aliphatic carbocycles. The highest BCUT2D eigenvalue weighted by Crippen LogP contribution is 2.18. The van der Waals surface area contributed by atoms with Gasteiger partial charge in [-0.25, -0.2) is 0 Å². The molecule has 0 saturated carbocycles. The van der Waals surface area contributed by atoms with Gasteiger partial charge in [0.25, 0.3) is 0 Å². The lowest BCUT2D eigenvalue weighted by Gasteiger charge is -2.33. The number of carbonyl (C=O) groups is 1. The first-order chi connectivity index (χ1) is 5.57. The Morgan fingerprint density at radius 1 is 1.50 bits per heavy atom. The fraction of sp³-hybridized carbons (Fsp3) is 0.625. The summed E-state index contributed by atoms with van der Waals surface area (Å²) in [7, 11) is 7.84. The smallest absolute Gasteiger partial charge is 0.167 e. The van der Waals surface area contributed by atoms with Crippen LogP contribution in [0.1, 0.15) is 0 Å². The van der Waals surface area contributed by atoms with E-state index in [1.54, 1.807) is 0 Å². The second-order valence-electron chi connectivity index (χ2n) is 3.26. The zero-order chi connectivity index (χ0) is 9.30. The number of rotatable bonds is 2. The van der Waals surface area contributed by atoms with Crippen LogP contribution in [0, 0.1) is 0 Å². The largest absolute Gasteiger partial charge is 0.346 e. The third kappa shape index (κ3) is 1.30. The molecule has 1 heterocycles. The molecular formula is C8H15N3O. The molecule has 0 fully saturated rings. The minimum Gasteiger partial charge on any atom is -0.346 e. The highest BCUT2D eigenvalue weighted by molar-refractivity contribution is 5.72. The van der Waals surface area contributed by atoms with Gasteiger partial charge in [-0.05, 0) is 14.1 Å². The molecule has 4 nitrogen and oxygen atoms in total. The summed E-state index contributed by atoms with van der Waals surface area (Å²) in [5.41, 5.74) is 0.719. The van der Waals surface area contributed by atoms with Crippen molar-refractivity contribution in [3.63, 3.8) is 0 Å². The molecule has 0 aromatic carbocycles. The van der Waals surface area contributed by atoms with E-state index in [-0.39, 0.29) is 6.29 Å². The number of allylic oxidation sites excluding steroid dienone is 1. The molecule has 1 unspecified atom stereocenters. The Morgan fingerprint density at radius 2 is 2.08 bits per heavy atom. The van der Waals surface area contributed by atoms with Gasteiger partial charge in [-0.2, -0.15) is 0 Å². The van der Waals surface area contributed by atoms with Gasteiger partial charge in [0.2, 0.25) is 0 Å². The highest BCUT2D eigenvalue weighted by atomic mass is 16.1. The van der Waals surface area contributed by atoms with Gasteiger partial charge in [-0.15, -0.1) is 0 Å². The molecule has 1 aliphatic heterocycles. The lowest BCUT2D eigenvalue weighted by molar-refractivity contribution is -0.106. The van der Waals surface area contributed by atoms with Crippen molar-refractivity contribution in [2.24, 2.45) is 0 Å². The van der Waals surface area contributed by atoms with Crippen LogP contribution in [0.15, 0.2) is 11.9 Å². The summed E-state index contributed by atoms with van der Waals surface area (Å²) in [6.45, 7) is 0. The predicted molar refractivity (Wildman–Crippen MR) is 47.1 cm³/mol. The van der Waals surface area contributed by atoms with Crippen molar-refractivity contribution in [2.45, 2.75) is 6.29 Å². The standard InChI is InChI=1S/C8H15N3O/c1-9(2)8-10(3)5-7(6-12)11(8)4/h5-6,8H,1-4H3. The van der Waals surface area contributed by atoms with Crippen molar-refractivity contribution < 1.29 is 4.79 Å². The first-order valence-electron chi connectivity index (χ1n) is 3.86. The quantitative estimate of drug-likeness (QED) is 0.533. The molecular weight excluding hydrogens is 154 g/mol. The molecule has 4 heteroatoms. The molecule has 0 N–H and O–H groups in total. The fourth-order valence-corrected chi connectivity index (χ4v) is 1.60. The van der Waals surface area contributed by atoms with E-state index in [2.05, 4.69) is 0 Å². The summed E-state index contributed by atoms with van der Waals surface area (Å²) in [5.74, 6) is 0. The minimum atomic E-state index is 0.158. The number of hydrogen-bond donors (Lipinski definition) is 0. The molecule has 12 heavy (non-hydrogen) atoms. The molecule has 1 atom stereocenters. The van der Waals surface area contributed by atoms with Crippen LogP contribution < -0.4 is 0 Å². The van der Waals surface area contributed by atoms with Crippen LogP contribution in [-0.4, -0.2) is 55.5 Å². The fourth-order valence-electron chi connectivity index (χ4n) is 1.60. The Hall–Kier alpha value is -1.03. The van der Waals surface area contributed by atoms with Crippen LogP contribution >= 0.6 is 0 Å². The third-order valence-electron chi connectivity index (χ3n) is 2.04. The van der Waals surface area contributed by atoms with Crippen LogP contribution in [0.3, 0.4) is 0 Å². The Bertz CT molecular complexity index is 212. The predicted octanol–water partition coefficient (Wildman–Crippen LogP) is -0.251. The molecule has 0 amide bonds. The van der Waals surface area contributed by atoms with E-state index in [1.165, 1.54) is 0 Å². The molecule has 0 bridgehead atoms. The number of aldehydes is 1. The van der Waals surface area contributed by atoms with Gasteiger partial charge in [-0.3, -0.25) is 9.69 Å². The van der Waals surface area contributed by atoms with Crippen LogP contribution in [0.25, 0.3) is 0 Å². The highest BCUT2D eigenvalue weighted by Gasteiger charge is 2.27. The molecule has 68 valence electrons. The average molecular weight is 169 g/mol. The van der Waals surface area contributed by atoms with Crippen molar-refractivity contribution in [3.05, 3.63) is 11.9 Å². The number of carbonyl (C=O) groups excluding carboxylic acids is 1. The zero-order valence-corrected chi connectivity index (χ0v) is 7.98. The summed E-state index contributed by atoms with van der Waals surface area (Å²) in [6, 6.07) is 0. The Balaban J connectivity index is 2.79. The van der Waals surface area contributed by atoms with E-state index in [0.717, 1.165) is 12.0 Å². The summed E-state index contributed by atoms with van der Waals surface area (Å²) < 4.78 is 0. The number of hydrogen-bond acceptors (Lipinski definition) is 4. The first kappa shape index (κ1) is 9.06. The van der Waals surface area contributed by atoms with Crippen molar-refractivity contribution in [1.29, 1.82) is 0 Å². The monoisotopic (exact) mass is 169 g/mol. The van der Waals surface area contributed by atoms with E-state index in [9.17, 15) is 4.79 Å². The van der Waals surface area contributed by atoms with E-state index < -0.39 is 0 Å². The van der Waals surface area contributed by atoms with Crippen LogP contribution in [-0.2, 0) is 4.79 Å². The van der Waals surface area contributed by atoms with Crippen molar-refractivity contribution in [3.8, 4) is 0 Å². The van der Waals surface area contributed by atoms with Gasteiger partial charge in [-0.1, -0.05) is 0 Å². The molecule has 0 aromatic rings. The Morgan fingerprint density at radius 3 is 2.33 bits per heavy atom. The normalized spacial score (nSPS) is 23.4. The SMILES string of the molecule is CN(C)C1N(C)C=C(C=O)N1C. The molecule has 0 spiro atoms. The molecule has 0 aromatic heterocycles. The van der Waals surface area contributed by atoms with Crippen molar-refractivity contribution in [2.75, 3.05) is 28.2 Å². The van der Waals surface area contributed by atoms with E-state index >= 15 is 0 Å². The Kier molecular flexibility index (Phi) is 2.38. The molecule has 1 aliphatic rings. The van der Waals surface area contributed by atoms with Gasteiger partial charge < -0.3 is 9.80 Å². The van der Waals surface area contributed by atoms with Gasteiger partial charge in [0, 0.05) is 20.3 Å². The summed E-state index contributed by atoms with van der Waals surface area (Å²) in [5, 5.41) is 0. The van der Waals surface area contributed by atoms with Crippen LogP contribution in [0.4, 0.5) is 0 Å². The summed E-state index contributed by atoms with van der Waals surface area (Å²) >= 11 is 0. The summed E-state index contributed by atoms with van der Waals surface area (Å²) in [4.78, 5) is 16.6. The minimum absolute atomic E-state index is 0.158. The van der Waals surface area contributed by atoms with Crippen LogP contribution in [0.5, 0.6) is 0 Å². The lowest BCUT2D eigenvalue weighted by Crippen LogP contribution is -2.46. The van der Waals surface area contributed by atoms with E-state index in [0.29, 0.717) is 0 Å². The average Bonchev–Trinajstić information content (AvgIpc) is 2.25. The number of nitrogens with zero attached hydrogens (tertiary/aromatic N) is 3. The van der Waals surface area contributed by atoms with Gasteiger partial charge in [0.1, 0.15) is 0 Å². The van der Waals surface area contributed by atoms with E-state index in [4.69, 9.17) is 0 Å². The maximum absolute atomic E-state index is 10.6. The van der Waals surface area contributed by atoms with Gasteiger partial charge in [0.05, 0.1) is 5.70 Å². The van der Waals surface area contributed by atoms with Gasteiger partial charge in [0.15, 0.2) is 12.6 Å². The topological polar surface area (TPSA) is 26.8 Å². The zero-order valence-electron chi connectivity index (χ0n) is 7.98. The maximum Gasteiger partial charge on any atom is 0.167 e. The van der Waals surface area contributed by atoms with Crippen molar-refractivity contribution in [1.82, 2.24) is 14.7 Å². The van der Waals surface area contributed by atoms with Gasteiger partial charge >= 0.3 is 0 Å². The molecule has 1 rings (SSSR count). The maximum atomic E-state index is 10.6. The molecule has 0 radical (unpaired) electrons. The Labute approximate surface area is 73.0 Å². The second kappa shape index (κ2) is 3.15. The first-order valence-corrected chi connectivity index (χ1v) is 3.86. The third-order valence-corrected chi connectivity index (χ3v) is 2.04. The summed E-state index contributed by atoms with van der Waals surface area (Å²) in [6.07, 6.45) is 2.88. The van der Waals surface area contributed by atoms with Crippen LogP contribution in [0.2, 0.25) is 0 Å². The number of likely N-dealkylation sites (N-methyl/N-ethyl adjacent to an activating group) is 1. The van der Waals surface area contributed by atoms with Crippen molar-refractivity contribution >= 4 is 6.29 Å². The molecule has 0 saturated heterocycles. The second-order valence-corrected chi connectivity index (χ2v) is 3.26. The van der Waals surface area contributed by atoms with E-state index in [1.807, 2.05) is 49.1 Å². The lowest BCUT2D eigenvalue weighted by atomic mass is 10.5.